The summed E-state index contributed by atoms with van der Waals surface area (Å²) in [6.07, 6.45) is 0. The fourth-order valence-electron chi connectivity index (χ4n) is 2.79. The van der Waals surface area contributed by atoms with Crippen molar-refractivity contribution in [3.63, 3.8) is 0 Å². The lowest BCUT2D eigenvalue weighted by molar-refractivity contribution is -0.140. The van der Waals surface area contributed by atoms with E-state index in [1.54, 1.807) is 0 Å². The van der Waals surface area contributed by atoms with Crippen LogP contribution in [0.4, 0.5) is 0 Å². The lowest BCUT2D eigenvalue weighted by Crippen LogP contribution is -2.65. The Morgan fingerprint density at radius 1 is 0.810 bits per heavy atom. The maximum Gasteiger partial charge on any atom is 0.320 e. The molecule has 1 heterocycles. The minimum absolute atomic E-state index is 0.285. The smallest absolute Gasteiger partial charge is 0.320 e. The maximum absolute atomic E-state index is 10.9. The first-order valence-electron chi connectivity index (χ1n) is 7.18. The highest BCUT2D eigenvalue weighted by atomic mass is 28.5. The third-order valence-electron chi connectivity index (χ3n) is 2.77. The van der Waals surface area contributed by atoms with Gasteiger partial charge in [-0.15, -0.1) is 0 Å². The molecule has 6 nitrogen and oxygen atoms in total. The van der Waals surface area contributed by atoms with Crippen LogP contribution in [0, 0.1) is 0 Å². The third-order valence-corrected chi connectivity index (χ3v) is 19.1. The van der Waals surface area contributed by atoms with E-state index in [0.717, 1.165) is 0 Å². The average molecular weight is 369 g/mol. The molecule has 1 fully saturated rings. The molecule has 0 radical (unpaired) electrons. The molecule has 0 atom stereocenters. The molecular weight excluding hydrogens is 340 g/mol. The van der Waals surface area contributed by atoms with Gasteiger partial charge in [-0.1, -0.05) is 0 Å². The van der Waals surface area contributed by atoms with Crippen molar-refractivity contribution in [2.24, 2.45) is 0 Å². The lowest BCUT2D eigenvalue weighted by atomic mass is 10.8. The molecular formula is C11H28O6Si4. The summed E-state index contributed by atoms with van der Waals surface area (Å²) < 4.78 is 30.2. The largest absolute Gasteiger partial charge is 0.466 e. The minimum Gasteiger partial charge on any atom is -0.466 e. The van der Waals surface area contributed by atoms with Gasteiger partial charge in [0.15, 0.2) is 0 Å². The van der Waals surface area contributed by atoms with Crippen LogP contribution in [0.5, 0.6) is 0 Å². The van der Waals surface area contributed by atoms with Gasteiger partial charge in [0.25, 0.3) is 0 Å². The van der Waals surface area contributed by atoms with Crippen LogP contribution in [0.1, 0.15) is 6.92 Å². The second-order valence-corrected chi connectivity index (χ2v) is 21.3. The molecule has 0 bridgehead atoms. The Balaban J connectivity index is 2.90. The number of hydrogen-bond donors (Lipinski definition) is 0. The number of rotatable bonds is 3. The van der Waals surface area contributed by atoms with E-state index in [2.05, 4.69) is 0 Å². The van der Waals surface area contributed by atoms with Gasteiger partial charge in [-0.05, 0) is 45.8 Å². The molecule has 0 amide bonds. The molecule has 0 aromatic carbocycles. The van der Waals surface area contributed by atoms with E-state index in [1.165, 1.54) is 6.92 Å². The van der Waals surface area contributed by atoms with Crippen LogP contribution < -0.4 is 0 Å². The SMILES string of the molecule is CC(=O)OCC[Si]1(C)O[Si](C)(C)O[Si](C)(C)O[Si](C)(C)O1. The van der Waals surface area contributed by atoms with Crippen LogP contribution in [0.25, 0.3) is 0 Å². The van der Waals surface area contributed by atoms with Crippen LogP contribution in [-0.2, 0) is 26.0 Å². The molecule has 124 valence electrons. The molecule has 0 aromatic heterocycles. The summed E-state index contributed by atoms with van der Waals surface area (Å²) in [6, 6.07) is 0.591. The topological polar surface area (TPSA) is 63.2 Å². The van der Waals surface area contributed by atoms with Crippen molar-refractivity contribution in [1.82, 2.24) is 0 Å². The number of hydrogen-bond acceptors (Lipinski definition) is 6. The Bertz CT molecular complexity index is 376. The quantitative estimate of drug-likeness (QED) is 0.564. The van der Waals surface area contributed by atoms with Gasteiger partial charge in [0.05, 0.1) is 6.61 Å². The van der Waals surface area contributed by atoms with E-state index in [1.807, 2.05) is 45.8 Å². The van der Waals surface area contributed by atoms with Gasteiger partial charge in [0.1, 0.15) is 0 Å². The second-order valence-electron chi connectivity index (χ2n) is 6.83. The van der Waals surface area contributed by atoms with Gasteiger partial charge in [0, 0.05) is 13.0 Å². The monoisotopic (exact) mass is 368 g/mol. The first-order valence-corrected chi connectivity index (χ1v) is 18.2. The van der Waals surface area contributed by atoms with E-state index in [-0.39, 0.29) is 5.97 Å². The minimum atomic E-state index is -2.50. The van der Waals surface area contributed by atoms with Gasteiger partial charge in [-0.2, -0.15) is 0 Å². The summed E-state index contributed by atoms with van der Waals surface area (Å²) in [5.74, 6) is -0.285. The second kappa shape index (κ2) is 6.35. The first-order chi connectivity index (χ1) is 9.24. The first kappa shape index (κ1) is 19.2. The normalized spacial score (nSPS) is 26.5. The van der Waals surface area contributed by atoms with Crippen molar-refractivity contribution in [2.45, 2.75) is 58.8 Å². The molecule has 21 heavy (non-hydrogen) atoms. The highest BCUT2D eigenvalue weighted by molar-refractivity contribution is 6.93. The molecule has 0 unspecified atom stereocenters. The molecule has 10 heteroatoms. The Hall–Kier alpha value is 0.178. The number of carbonyl (C=O) groups excluding carboxylic acids is 1. The Morgan fingerprint density at radius 3 is 1.57 bits per heavy atom. The van der Waals surface area contributed by atoms with Crippen molar-refractivity contribution < 1.29 is 26.0 Å². The average Bonchev–Trinajstić information content (AvgIpc) is 2.06. The zero-order valence-corrected chi connectivity index (χ0v) is 18.4. The Kier molecular flexibility index (Phi) is 5.82. The van der Waals surface area contributed by atoms with E-state index in [4.69, 9.17) is 21.2 Å². The van der Waals surface area contributed by atoms with Crippen LogP contribution in [0.2, 0.25) is 51.9 Å². The summed E-state index contributed by atoms with van der Waals surface area (Å²) in [4.78, 5) is 10.9. The van der Waals surface area contributed by atoms with Crippen LogP contribution in [-0.4, -0.2) is 46.8 Å². The van der Waals surface area contributed by atoms with Crippen LogP contribution in [0.15, 0.2) is 0 Å². The fraction of sp³-hybridized carbons (Fsp3) is 0.909. The highest BCUT2D eigenvalue weighted by Gasteiger charge is 2.52. The molecule has 1 rings (SSSR count). The predicted octanol–water partition coefficient (Wildman–Crippen LogP) is 2.81. The molecule has 0 spiro atoms. The summed E-state index contributed by atoms with van der Waals surface area (Å²) >= 11 is 0. The molecule has 0 aromatic rings. The van der Waals surface area contributed by atoms with Crippen LogP contribution >= 0.6 is 0 Å². The summed E-state index contributed by atoms with van der Waals surface area (Å²) in [5, 5.41) is 0. The molecule has 0 N–H and O–H groups in total. The van der Waals surface area contributed by atoms with Crippen molar-refractivity contribution in [3.05, 3.63) is 0 Å². The lowest BCUT2D eigenvalue weighted by Gasteiger charge is -2.47. The highest BCUT2D eigenvalue weighted by Crippen LogP contribution is 2.32. The predicted molar refractivity (Wildman–Crippen MR) is 89.8 cm³/mol. The Morgan fingerprint density at radius 2 is 1.19 bits per heavy atom. The van der Waals surface area contributed by atoms with Gasteiger partial charge >= 0.3 is 40.2 Å². The molecule has 1 aliphatic rings. The van der Waals surface area contributed by atoms with Gasteiger partial charge in [0.2, 0.25) is 0 Å². The van der Waals surface area contributed by atoms with Gasteiger partial charge in [-0.25, -0.2) is 0 Å². The Labute approximate surface area is 132 Å². The summed E-state index contributed by atoms with van der Waals surface area (Å²) in [5.41, 5.74) is 0. The zero-order chi connectivity index (χ0) is 16.5. The maximum atomic E-state index is 10.9. The van der Waals surface area contributed by atoms with Crippen molar-refractivity contribution in [1.29, 1.82) is 0 Å². The van der Waals surface area contributed by atoms with Gasteiger partial charge < -0.3 is 21.2 Å². The standard InChI is InChI=1S/C11H28O6Si4/c1-11(12)13-9-10-21(8)16-19(4,5)14-18(2,3)15-20(6,7)17-21/h9-10H2,1-8H3. The van der Waals surface area contributed by atoms with Crippen LogP contribution in [0.3, 0.4) is 0 Å². The zero-order valence-electron chi connectivity index (χ0n) is 14.4. The molecule has 0 aliphatic carbocycles. The number of carbonyl (C=O) groups is 1. The number of ether oxygens (including phenoxy) is 1. The molecule has 1 saturated heterocycles. The van der Waals surface area contributed by atoms with Crippen molar-refractivity contribution >= 4 is 40.2 Å². The van der Waals surface area contributed by atoms with E-state index < -0.39 is 34.2 Å². The third kappa shape index (κ3) is 6.86. The summed E-state index contributed by atoms with van der Waals surface area (Å²) in [6.45, 7) is 15.9. The molecule has 1 aliphatic heterocycles. The van der Waals surface area contributed by atoms with E-state index in [0.29, 0.717) is 12.7 Å². The van der Waals surface area contributed by atoms with Crippen molar-refractivity contribution in [2.75, 3.05) is 6.61 Å². The van der Waals surface area contributed by atoms with E-state index >= 15 is 0 Å². The molecule has 0 saturated carbocycles. The van der Waals surface area contributed by atoms with Gasteiger partial charge in [-0.3, -0.25) is 4.79 Å². The summed E-state index contributed by atoms with van der Waals surface area (Å²) in [7, 11) is -9.40. The number of esters is 1. The van der Waals surface area contributed by atoms with Crippen molar-refractivity contribution in [3.8, 4) is 0 Å². The van der Waals surface area contributed by atoms with E-state index in [9.17, 15) is 4.79 Å². The fourth-order valence-corrected chi connectivity index (χ4v) is 24.0.